The maximum absolute atomic E-state index is 11.4. The molecule has 0 radical (unpaired) electrons. The Morgan fingerprint density at radius 1 is 1.47 bits per heavy atom. The molecule has 2 rings (SSSR count). The van der Waals surface area contributed by atoms with Crippen molar-refractivity contribution in [3.05, 3.63) is 40.1 Å². The second-order valence-electron chi connectivity index (χ2n) is 3.03. The number of hydrogen-bond acceptors (Lipinski definition) is 4. The minimum absolute atomic E-state index is 0.00324. The van der Waals surface area contributed by atoms with Gasteiger partial charge in [-0.3, -0.25) is 0 Å². The van der Waals surface area contributed by atoms with E-state index in [1.165, 1.54) is 25.1 Å². The molecule has 15 heavy (non-hydrogen) atoms. The quantitative estimate of drug-likeness (QED) is 0.756. The summed E-state index contributed by atoms with van der Waals surface area (Å²) >= 11 is 0. The van der Waals surface area contributed by atoms with E-state index in [2.05, 4.69) is 4.98 Å². The summed E-state index contributed by atoms with van der Waals surface area (Å²) in [5.74, 6) is -0.959. The Labute approximate surface area is 84.0 Å². The molecule has 1 aromatic heterocycles. The van der Waals surface area contributed by atoms with Gasteiger partial charge in [-0.25, -0.2) is 14.6 Å². The number of aromatic carboxylic acids is 1. The van der Waals surface area contributed by atoms with Gasteiger partial charge in [0.25, 0.3) is 0 Å². The summed E-state index contributed by atoms with van der Waals surface area (Å²) in [5, 5.41) is 9.07. The van der Waals surface area contributed by atoms with Gasteiger partial charge in [0.1, 0.15) is 0 Å². The summed E-state index contributed by atoms with van der Waals surface area (Å²) in [5.41, 5.74) is -0.400. The second-order valence-corrected chi connectivity index (χ2v) is 3.03. The second kappa shape index (κ2) is 3.20. The predicted octanol–water partition coefficient (Wildman–Crippen LogP) is 1.19. The lowest BCUT2D eigenvalue weighted by atomic mass is 10.1. The lowest BCUT2D eigenvalue weighted by molar-refractivity contribution is 0.0699. The van der Waals surface area contributed by atoms with Crippen molar-refractivity contribution in [2.24, 2.45) is 0 Å². The van der Waals surface area contributed by atoms with Crippen LogP contribution in [0.2, 0.25) is 0 Å². The fourth-order valence-corrected chi connectivity index (χ4v) is 1.37. The molecule has 0 bridgehead atoms. The van der Waals surface area contributed by atoms with Gasteiger partial charge >= 0.3 is 11.6 Å². The molecule has 76 valence electrons. The molecule has 1 N–H and O–H groups in total. The Kier molecular flexibility index (Phi) is 2.00. The molecule has 0 aliphatic rings. The Morgan fingerprint density at radius 3 is 2.87 bits per heavy atom. The average Bonchev–Trinajstić information content (AvgIpc) is 2.16. The van der Waals surface area contributed by atoms with Crippen LogP contribution in [0.25, 0.3) is 10.9 Å². The number of carbonyl (C=O) groups is 1. The number of fused-ring (bicyclic) bond motifs is 1. The molecule has 2 aromatic rings. The number of carboxylic acid groups (broad SMARTS) is 1. The van der Waals surface area contributed by atoms with Crippen molar-refractivity contribution in [3.63, 3.8) is 0 Å². The van der Waals surface area contributed by atoms with Crippen molar-refractivity contribution >= 4 is 16.9 Å². The van der Waals surface area contributed by atoms with Crippen LogP contribution in [-0.2, 0) is 0 Å². The molecule has 0 aliphatic carbocycles. The summed E-state index contributed by atoms with van der Waals surface area (Å²) < 4.78 is 4.77. The molecule has 5 nitrogen and oxygen atoms in total. The van der Waals surface area contributed by atoms with Gasteiger partial charge in [0.15, 0.2) is 5.89 Å². The minimum Gasteiger partial charge on any atom is -0.478 e. The van der Waals surface area contributed by atoms with Gasteiger partial charge in [-0.1, -0.05) is 6.07 Å². The van der Waals surface area contributed by atoms with Crippen LogP contribution in [0, 0.1) is 6.92 Å². The van der Waals surface area contributed by atoms with Gasteiger partial charge in [-0.2, -0.15) is 0 Å². The van der Waals surface area contributed by atoms with Gasteiger partial charge in [-0.05, 0) is 12.1 Å². The summed E-state index contributed by atoms with van der Waals surface area (Å²) in [4.78, 5) is 26.1. The molecule has 5 heteroatoms. The standard InChI is InChI=1S/C10H7NO4/c1-5-11-8-6(9(12)13)3-2-4-7(8)10(14)15-5/h2-4H,1H3,(H,12,13). The molecular weight excluding hydrogens is 198 g/mol. The van der Waals surface area contributed by atoms with Crippen LogP contribution >= 0.6 is 0 Å². The fourth-order valence-electron chi connectivity index (χ4n) is 1.37. The van der Waals surface area contributed by atoms with Crippen LogP contribution in [0.4, 0.5) is 0 Å². The first-order valence-electron chi connectivity index (χ1n) is 4.23. The van der Waals surface area contributed by atoms with Gasteiger partial charge in [-0.15, -0.1) is 0 Å². The molecule has 0 spiro atoms. The van der Waals surface area contributed by atoms with E-state index in [9.17, 15) is 9.59 Å². The molecule has 0 fully saturated rings. The Bertz CT molecular complexity index is 600. The van der Waals surface area contributed by atoms with Crippen LogP contribution in [0.1, 0.15) is 16.2 Å². The maximum Gasteiger partial charge on any atom is 0.346 e. The van der Waals surface area contributed by atoms with E-state index >= 15 is 0 Å². The number of hydrogen-bond donors (Lipinski definition) is 1. The maximum atomic E-state index is 11.4. The van der Waals surface area contributed by atoms with E-state index in [0.29, 0.717) is 0 Å². The Hall–Kier alpha value is -2.17. The molecular formula is C10H7NO4. The van der Waals surface area contributed by atoms with Crippen LogP contribution in [0.3, 0.4) is 0 Å². The van der Waals surface area contributed by atoms with Crippen molar-refractivity contribution < 1.29 is 14.3 Å². The summed E-state index contributed by atoms with van der Waals surface area (Å²) in [7, 11) is 0. The third-order valence-electron chi connectivity index (χ3n) is 2.00. The molecule has 0 atom stereocenters. The lowest BCUT2D eigenvalue weighted by Gasteiger charge is -2.00. The largest absolute Gasteiger partial charge is 0.478 e. The number of aryl methyl sites for hydroxylation is 1. The first-order valence-corrected chi connectivity index (χ1v) is 4.23. The van der Waals surface area contributed by atoms with E-state index < -0.39 is 11.6 Å². The Balaban J connectivity index is 2.97. The van der Waals surface area contributed by atoms with Crippen LogP contribution in [-0.4, -0.2) is 16.1 Å². The van der Waals surface area contributed by atoms with Crippen molar-refractivity contribution in [1.29, 1.82) is 0 Å². The molecule has 0 unspecified atom stereocenters. The van der Waals surface area contributed by atoms with Crippen molar-refractivity contribution in [2.45, 2.75) is 6.92 Å². The van der Waals surface area contributed by atoms with Crippen molar-refractivity contribution in [2.75, 3.05) is 0 Å². The first-order chi connectivity index (χ1) is 7.09. The smallest absolute Gasteiger partial charge is 0.346 e. The minimum atomic E-state index is -1.11. The number of aromatic nitrogens is 1. The number of para-hydroxylation sites is 1. The highest BCUT2D eigenvalue weighted by Crippen LogP contribution is 2.13. The lowest BCUT2D eigenvalue weighted by Crippen LogP contribution is -2.07. The van der Waals surface area contributed by atoms with Gasteiger partial charge < -0.3 is 9.52 Å². The predicted molar refractivity (Wildman–Crippen MR) is 52.0 cm³/mol. The third kappa shape index (κ3) is 1.48. The molecule has 1 aromatic carbocycles. The number of carboxylic acids is 1. The summed E-state index contributed by atoms with van der Waals surface area (Å²) in [6, 6.07) is 4.37. The first kappa shape index (κ1) is 9.39. The zero-order valence-electron chi connectivity index (χ0n) is 7.85. The topological polar surface area (TPSA) is 80.4 Å². The van der Waals surface area contributed by atoms with Gasteiger partial charge in [0, 0.05) is 6.92 Å². The van der Waals surface area contributed by atoms with E-state index in [1.807, 2.05) is 0 Å². The van der Waals surface area contributed by atoms with E-state index in [-0.39, 0.29) is 22.4 Å². The fraction of sp³-hybridized carbons (Fsp3) is 0.100. The molecule has 0 aliphatic heterocycles. The summed E-state index contributed by atoms with van der Waals surface area (Å²) in [6.45, 7) is 1.50. The zero-order chi connectivity index (χ0) is 11.0. The highest BCUT2D eigenvalue weighted by atomic mass is 16.4. The normalized spacial score (nSPS) is 10.5. The highest BCUT2D eigenvalue weighted by molar-refractivity contribution is 6.01. The summed E-state index contributed by atoms with van der Waals surface area (Å²) in [6.07, 6.45) is 0. The van der Waals surface area contributed by atoms with Gasteiger partial charge in [0.05, 0.1) is 16.5 Å². The van der Waals surface area contributed by atoms with E-state index in [0.717, 1.165) is 0 Å². The van der Waals surface area contributed by atoms with E-state index in [4.69, 9.17) is 9.52 Å². The van der Waals surface area contributed by atoms with Crippen molar-refractivity contribution in [3.8, 4) is 0 Å². The molecule has 1 heterocycles. The van der Waals surface area contributed by atoms with E-state index in [1.54, 1.807) is 0 Å². The monoisotopic (exact) mass is 205 g/mol. The van der Waals surface area contributed by atoms with Gasteiger partial charge in [0.2, 0.25) is 0 Å². The highest BCUT2D eigenvalue weighted by Gasteiger charge is 2.12. The number of nitrogens with zero attached hydrogens (tertiary/aromatic N) is 1. The third-order valence-corrected chi connectivity index (χ3v) is 2.00. The number of rotatable bonds is 1. The molecule has 0 amide bonds. The van der Waals surface area contributed by atoms with Crippen LogP contribution in [0.15, 0.2) is 27.4 Å². The zero-order valence-corrected chi connectivity index (χ0v) is 7.85. The molecule has 0 saturated carbocycles. The van der Waals surface area contributed by atoms with Crippen LogP contribution in [0.5, 0.6) is 0 Å². The Morgan fingerprint density at radius 2 is 2.20 bits per heavy atom. The SMILES string of the molecule is Cc1nc2c(C(=O)O)cccc2c(=O)o1. The van der Waals surface area contributed by atoms with Crippen LogP contribution < -0.4 is 5.63 Å². The number of benzene rings is 1. The average molecular weight is 205 g/mol. The molecule has 0 saturated heterocycles. The van der Waals surface area contributed by atoms with Crippen molar-refractivity contribution in [1.82, 2.24) is 4.98 Å².